The Kier molecular flexibility index (Phi) is 3.03. The molecule has 0 bridgehead atoms. The molecule has 0 amide bonds. The van der Waals surface area contributed by atoms with E-state index < -0.39 is 21.8 Å². The first-order chi connectivity index (χ1) is 8.34. The van der Waals surface area contributed by atoms with Crippen LogP contribution in [0.5, 0.6) is 0 Å². The van der Waals surface area contributed by atoms with Gasteiger partial charge in [-0.1, -0.05) is 17.4 Å². The zero-order valence-corrected chi connectivity index (χ0v) is 10.2. The maximum atomic E-state index is 12.8. The van der Waals surface area contributed by atoms with Crippen LogP contribution in [0.25, 0.3) is 4.96 Å². The summed E-state index contributed by atoms with van der Waals surface area (Å²) in [6, 6.07) is 0. The van der Waals surface area contributed by atoms with Crippen LogP contribution in [0.4, 0.5) is 8.78 Å². The van der Waals surface area contributed by atoms with Crippen molar-refractivity contribution >= 4 is 27.9 Å². The van der Waals surface area contributed by atoms with Crippen molar-refractivity contribution < 1.29 is 8.78 Å². The van der Waals surface area contributed by atoms with E-state index >= 15 is 0 Å². The van der Waals surface area contributed by atoms with Crippen LogP contribution in [0.3, 0.4) is 0 Å². The highest BCUT2D eigenvalue weighted by Gasteiger charge is 2.33. The molecule has 0 saturated heterocycles. The number of hydrogen-bond donors (Lipinski definition) is 0. The average Bonchev–Trinajstić information content (AvgIpc) is 2.67. The first-order valence-corrected chi connectivity index (χ1v) is 5.73. The van der Waals surface area contributed by atoms with Crippen molar-refractivity contribution in [3.05, 3.63) is 38.6 Å². The van der Waals surface area contributed by atoms with Gasteiger partial charge in [0.2, 0.25) is 9.97 Å². The van der Waals surface area contributed by atoms with Gasteiger partial charge < -0.3 is 0 Å². The molecule has 0 radical (unpaired) electrons. The molecule has 2 rings (SSSR count). The molecule has 0 saturated carbocycles. The molecule has 0 atom stereocenters. The second-order valence-electron chi connectivity index (χ2n) is 3.18. The maximum absolute atomic E-state index is 12.8. The summed E-state index contributed by atoms with van der Waals surface area (Å²) >= 11 is 5.17. The Morgan fingerprint density at radius 2 is 2.17 bits per heavy atom. The lowest BCUT2D eigenvalue weighted by Crippen LogP contribution is -2.38. The van der Waals surface area contributed by atoms with Crippen molar-refractivity contribution in [3.8, 4) is 0 Å². The summed E-state index contributed by atoms with van der Waals surface area (Å²) < 4.78 is 27.0. The molecule has 0 aliphatic rings. The number of nitrogens with zero attached hydrogens (tertiary/aromatic N) is 4. The molecule has 0 aromatic carbocycles. The lowest BCUT2D eigenvalue weighted by molar-refractivity contribution is 0.0935. The van der Waals surface area contributed by atoms with Gasteiger partial charge in [-0.2, -0.15) is 18.3 Å². The van der Waals surface area contributed by atoms with Crippen LogP contribution in [-0.4, -0.2) is 19.2 Å². The summed E-state index contributed by atoms with van der Waals surface area (Å²) in [7, 11) is 0. The van der Waals surface area contributed by atoms with E-state index in [2.05, 4.69) is 16.7 Å². The van der Waals surface area contributed by atoms with E-state index in [9.17, 15) is 18.4 Å². The van der Waals surface area contributed by atoms with Crippen molar-refractivity contribution in [1.29, 1.82) is 0 Å². The third-order valence-electron chi connectivity index (χ3n) is 1.95. The fourth-order valence-corrected chi connectivity index (χ4v) is 2.11. The van der Waals surface area contributed by atoms with Crippen molar-refractivity contribution in [2.45, 2.75) is 11.9 Å². The molecule has 2 aromatic rings. The molecule has 6 nitrogen and oxygen atoms in total. The minimum atomic E-state index is -3.71. The molecule has 0 unspecified atom stereocenters. The highest BCUT2D eigenvalue weighted by atomic mass is 35.5. The van der Waals surface area contributed by atoms with Gasteiger partial charge in [-0.3, -0.25) is 0 Å². The third-order valence-corrected chi connectivity index (χ3v) is 3.22. The van der Waals surface area contributed by atoms with Crippen molar-refractivity contribution in [2.75, 3.05) is 0 Å². The average molecular weight is 295 g/mol. The van der Waals surface area contributed by atoms with Crippen LogP contribution in [0.15, 0.2) is 22.2 Å². The van der Waals surface area contributed by atoms with Gasteiger partial charge in [0.25, 0.3) is 0 Å². The smallest absolute Gasteiger partial charge is 0.245 e. The van der Waals surface area contributed by atoms with E-state index in [1.807, 2.05) is 0 Å². The second-order valence-corrected chi connectivity index (χ2v) is 4.61. The zero-order valence-electron chi connectivity index (χ0n) is 8.64. The van der Waals surface area contributed by atoms with Gasteiger partial charge in [-0.15, -0.1) is 11.7 Å². The van der Waals surface area contributed by atoms with Gasteiger partial charge in [-0.05, 0) is 11.6 Å². The van der Waals surface area contributed by atoms with Crippen LogP contribution >= 0.6 is 22.9 Å². The van der Waals surface area contributed by atoms with E-state index in [0.717, 1.165) is 4.57 Å². The van der Waals surface area contributed by atoms with E-state index in [1.54, 1.807) is 0 Å². The first kappa shape index (κ1) is 12.8. The first-order valence-electron chi connectivity index (χ1n) is 4.53. The lowest BCUT2D eigenvalue weighted by atomic mass is 10.6. The Hall–Kier alpha value is -1.61. The molecule has 2 aromatic heterocycles. The second kappa shape index (κ2) is 4.25. The normalized spacial score (nSPS) is 11.9. The van der Waals surface area contributed by atoms with Gasteiger partial charge in [0, 0.05) is 0 Å². The molecule has 0 N–H and O–H groups in total. The van der Waals surface area contributed by atoms with Crippen LogP contribution in [0, 0.1) is 0 Å². The van der Waals surface area contributed by atoms with E-state index in [0.29, 0.717) is 15.9 Å². The number of fused-ring (bicyclic) bond motifs is 1. The van der Waals surface area contributed by atoms with E-state index in [4.69, 9.17) is 11.6 Å². The Balaban J connectivity index is 2.79. The summed E-state index contributed by atoms with van der Waals surface area (Å²) in [4.78, 5) is 26.5. The molecule has 0 aliphatic heterocycles. The molecular formula is C8H5ClF2N4O2S. The monoisotopic (exact) mass is 294 g/mol. The van der Waals surface area contributed by atoms with Crippen molar-refractivity contribution in [3.63, 3.8) is 0 Å². The lowest BCUT2D eigenvalue weighted by Gasteiger charge is -1.99. The number of aromatic nitrogens is 4. The maximum Gasteiger partial charge on any atom is 0.375 e. The number of rotatable bonds is 3. The number of hydrogen-bond acceptors (Lipinski definition) is 5. The fourth-order valence-electron chi connectivity index (χ4n) is 1.22. The molecule has 2 heterocycles. The Morgan fingerprint density at radius 3 is 2.72 bits per heavy atom. The molecule has 0 fully saturated rings. The SMILES string of the molecule is C=CCn1c(=O)nc2sc(C(F)(F)Cl)nn2c1=O. The predicted octanol–water partition coefficient (Wildman–Crippen LogP) is 0.787. The van der Waals surface area contributed by atoms with Gasteiger partial charge >= 0.3 is 16.8 Å². The summed E-state index contributed by atoms with van der Waals surface area (Å²) in [5.41, 5.74) is -1.72. The standard InChI is InChI=1S/C8H5ClF2N4O2S/c1-2-3-14-5(16)12-6-15(7(14)17)13-4(18-6)8(9,10)11/h2H,1,3H2. The predicted molar refractivity (Wildman–Crippen MR) is 61.3 cm³/mol. The van der Waals surface area contributed by atoms with Gasteiger partial charge in [-0.25, -0.2) is 14.2 Å². The molecule has 96 valence electrons. The molecule has 18 heavy (non-hydrogen) atoms. The Morgan fingerprint density at radius 1 is 1.50 bits per heavy atom. The highest BCUT2D eigenvalue weighted by molar-refractivity contribution is 7.17. The Labute approximate surface area is 107 Å². The summed E-state index contributed by atoms with van der Waals surface area (Å²) in [5, 5.41) is -1.16. The summed E-state index contributed by atoms with van der Waals surface area (Å²) in [5.74, 6) is 0. The fraction of sp³-hybridized carbons (Fsp3) is 0.250. The number of allylic oxidation sites excluding steroid dienone is 1. The van der Waals surface area contributed by atoms with Crippen LogP contribution < -0.4 is 11.4 Å². The van der Waals surface area contributed by atoms with Gasteiger partial charge in [0.1, 0.15) is 0 Å². The highest BCUT2D eigenvalue weighted by Crippen LogP contribution is 2.34. The van der Waals surface area contributed by atoms with Gasteiger partial charge in [0.05, 0.1) is 6.54 Å². The molecule has 10 heteroatoms. The van der Waals surface area contributed by atoms with Crippen LogP contribution in [-0.2, 0) is 11.9 Å². The quantitative estimate of drug-likeness (QED) is 0.620. The Bertz CT molecular complexity index is 729. The molecule has 0 aliphatic carbocycles. The van der Waals surface area contributed by atoms with E-state index in [1.165, 1.54) is 6.08 Å². The molecular weight excluding hydrogens is 290 g/mol. The largest absolute Gasteiger partial charge is 0.375 e. The number of alkyl halides is 3. The molecule has 0 spiro atoms. The third kappa shape index (κ3) is 2.06. The minimum absolute atomic E-state index is 0.0856. The van der Waals surface area contributed by atoms with Crippen LogP contribution in [0.2, 0.25) is 0 Å². The van der Waals surface area contributed by atoms with Gasteiger partial charge in [0.15, 0.2) is 0 Å². The minimum Gasteiger partial charge on any atom is -0.245 e. The van der Waals surface area contributed by atoms with Crippen molar-refractivity contribution in [1.82, 2.24) is 19.2 Å². The van der Waals surface area contributed by atoms with Crippen molar-refractivity contribution in [2.24, 2.45) is 0 Å². The zero-order chi connectivity index (χ0) is 13.5. The topological polar surface area (TPSA) is 69.3 Å². The van der Waals surface area contributed by atoms with E-state index in [-0.39, 0.29) is 11.5 Å². The summed E-state index contributed by atoms with van der Waals surface area (Å²) in [6.45, 7) is 3.28. The summed E-state index contributed by atoms with van der Waals surface area (Å²) in [6.07, 6.45) is 1.31. The number of halogens is 3. The van der Waals surface area contributed by atoms with Crippen LogP contribution in [0.1, 0.15) is 5.01 Å².